The van der Waals surface area contributed by atoms with Crippen LogP contribution in [0.15, 0.2) is 48.5 Å². The Balaban J connectivity index is 1.77. The molecule has 7 heteroatoms. The number of nitrogens with two attached hydrogens (primary N) is 2. The number of nitrogens with zero attached hydrogens (tertiary/aromatic N) is 2. The van der Waals surface area contributed by atoms with Gasteiger partial charge in [0.1, 0.15) is 11.8 Å². The maximum absolute atomic E-state index is 13.3. The van der Waals surface area contributed by atoms with E-state index in [0.717, 1.165) is 54.7 Å². The number of hydrogen-bond donors (Lipinski definition) is 2. The van der Waals surface area contributed by atoms with Crippen LogP contribution in [0.2, 0.25) is 0 Å². The number of para-hydroxylation sites is 2. The average molecular weight is 450 g/mol. The molecule has 0 saturated carbocycles. The first-order valence-corrected chi connectivity index (χ1v) is 11.7. The average Bonchev–Trinajstić information content (AvgIpc) is 3.51. The van der Waals surface area contributed by atoms with E-state index in [9.17, 15) is 9.59 Å². The van der Waals surface area contributed by atoms with Crippen molar-refractivity contribution in [2.75, 3.05) is 0 Å². The second-order valence-electron chi connectivity index (χ2n) is 10.1. The number of carbonyl (C=O) groups is 2. The fraction of sp³-hybridized carbons (Fsp3) is 0.259. The lowest BCUT2D eigenvalue weighted by Gasteiger charge is -2.38. The molecule has 0 spiro atoms. The summed E-state index contributed by atoms with van der Waals surface area (Å²) in [5, 5.41) is 4.08. The highest BCUT2D eigenvalue weighted by Crippen LogP contribution is 2.57. The highest BCUT2D eigenvalue weighted by molar-refractivity contribution is 6.31. The molecule has 1 fully saturated rings. The molecule has 1 amide bonds. The van der Waals surface area contributed by atoms with E-state index in [4.69, 9.17) is 16.2 Å². The van der Waals surface area contributed by atoms with Crippen LogP contribution >= 0.6 is 0 Å². The maximum Gasteiger partial charge on any atom is 0.242 e. The number of benzene rings is 3. The van der Waals surface area contributed by atoms with Gasteiger partial charge in [0.05, 0.1) is 22.1 Å². The maximum atomic E-state index is 13.3. The van der Waals surface area contributed by atoms with Gasteiger partial charge in [0.2, 0.25) is 5.91 Å². The highest BCUT2D eigenvalue weighted by Gasteiger charge is 2.62. The summed E-state index contributed by atoms with van der Waals surface area (Å²) >= 11 is 0. The molecule has 2 aromatic heterocycles. The highest BCUT2D eigenvalue weighted by atomic mass is 16.5. The van der Waals surface area contributed by atoms with E-state index in [-0.39, 0.29) is 12.2 Å². The van der Waals surface area contributed by atoms with Gasteiger partial charge in [-0.15, -0.1) is 0 Å². The number of carbonyl (C=O) groups excluding carboxylic acids is 2. The Kier molecular flexibility index (Phi) is 3.03. The predicted molar refractivity (Wildman–Crippen MR) is 130 cm³/mol. The minimum absolute atomic E-state index is 0.184. The third-order valence-electron chi connectivity index (χ3n) is 8.59. The van der Waals surface area contributed by atoms with E-state index >= 15 is 0 Å². The SMILES string of the molecule is CC12OC(C[C@]1(N)C(N)=O)n1c3ccccc3c3c4c(c5c6ccccc6n2c5c31)CCC4=O. The Morgan fingerprint density at radius 3 is 2.41 bits per heavy atom. The van der Waals surface area contributed by atoms with E-state index in [1.165, 1.54) is 0 Å². The third-order valence-corrected chi connectivity index (χ3v) is 8.59. The van der Waals surface area contributed by atoms with Crippen LogP contribution in [0.3, 0.4) is 0 Å². The molecule has 5 aromatic rings. The molecular weight excluding hydrogens is 428 g/mol. The number of ether oxygens (including phenoxy) is 1. The molecule has 8 rings (SSSR count). The topological polar surface area (TPSA) is 105 Å². The van der Waals surface area contributed by atoms with E-state index in [1.54, 1.807) is 0 Å². The minimum Gasteiger partial charge on any atom is -0.368 e. The molecule has 1 saturated heterocycles. The predicted octanol–water partition coefficient (Wildman–Crippen LogP) is 3.82. The quantitative estimate of drug-likeness (QED) is 0.405. The van der Waals surface area contributed by atoms with E-state index < -0.39 is 23.4 Å². The Morgan fingerprint density at radius 1 is 1.00 bits per heavy atom. The zero-order valence-corrected chi connectivity index (χ0v) is 18.6. The van der Waals surface area contributed by atoms with Gasteiger partial charge in [0, 0.05) is 39.9 Å². The molecule has 3 atom stereocenters. The van der Waals surface area contributed by atoms with Crippen molar-refractivity contribution in [2.24, 2.45) is 11.5 Å². The molecule has 3 aromatic carbocycles. The van der Waals surface area contributed by atoms with Gasteiger partial charge in [0.15, 0.2) is 11.5 Å². The van der Waals surface area contributed by atoms with Crippen LogP contribution in [0.25, 0.3) is 43.6 Å². The van der Waals surface area contributed by atoms with E-state index in [0.29, 0.717) is 12.8 Å². The van der Waals surface area contributed by atoms with Gasteiger partial charge >= 0.3 is 0 Å². The Morgan fingerprint density at radius 2 is 1.68 bits per heavy atom. The van der Waals surface area contributed by atoms with Crippen LogP contribution in [0.1, 0.15) is 41.9 Å². The van der Waals surface area contributed by atoms with Crippen molar-refractivity contribution in [3.63, 3.8) is 0 Å². The number of amides is 1. The second kappa shape index (κ2) is 5.51. The van der Waals surface area contributed by atoms with Gasteiger partial charge in [-0.1, -0.05) is 36.4 Å². The first-order chi connectivity index (χ1) is 16.4. The summed E-state index contributed by atoms with van der Waals surface area (Å²) in [5.74, 6) is -0.403. The first-order valence-electron chi connectivity index (χ1n) is 11.7. The molecular formula is C27H22N4O3. The number of aryl methyl sites for hydroxylation is 1. The number of hydrogen-bond acceptors (Lipinski definition) is 4. The van der Waals surface area contributed by atoms with Crippen molar-refractivity contribution < 1.29 is 14.3 Å². The van der Waals surface area contributed by atoms with Crippen LogP contribution in [0, 0.1) is 0 Å². The van der Waals surface area contributed by atoms with Crippen LogP contribution < -0.4 is 11.5 Å². The fourth-order valence-corrected chi connectivity index (χ4v) is 7.06. The molecule has 3 aliphatic rings. The van der Waals surface area contributed by atoms with Gasteiger partial charge in [-0.2, -0.15) is 0 Å². The lowest BCUT2D eigenvalue weighted by Crippen LogP contribution is -2.64. The molecule has 1 aliphatic carbocycles. The molecule has 7 nitrogen and oxygen atoms in total. The molecule has 4 N–H and O–H groups in total. The minimum atomic E-state index is -1.42. The van der Waals surface area contributed by atoms with Crippen LogP contribution in [-0.2, 0) is 21.7 Å². The summed E-state index contributed by atoms with van der Waals surface area (Å²) in [6.07, 6.45) is 0.937. The fourth-order valence-electron chi connectivity index (χ4n) is 7.06. The smallest absolute Gasteiger partial charge is 0.242 e. The summed E-state index contributed by atoms with van der Waals surface area (Å²) in [6.45, 7) is 1.88. The largest absolute Gasteiger partial charge is 0.368 e. The molecule has 2 unspecified atom stereocenters. The molecule has 4 heterocycles. The number of Topliss-reactive ketones (excluding diaryl/α,β-unsaturated/α-hetero) is 1. The summed E-state index contributed by atoms with van der Waals surface area (Å²) in [4.78, 5) is 26.2. The van der Waals surface area contributed by atoms with Gasteiger partial charge in [-0.25, -0.2) is 0 Å². The summed E-state index contributed by atoms with van der Waals surface area (Å²) in [6, 6.07) is 16.2. The van der Waals surface area contributed by atoms with Crippen LogP contribution in [0.5, 0.6) is 0 Å². The molecule has 168 valence electrons. The monoisotopic (exact) mass is 450 g/mol. The van der Waals surface area contributed by atoms with Gasteiger partial charge in [-0.05, 0) is 31.0 Å². The number of rotatable bonds is 1. The standard InChI is InChI=1S/C27H22N4O3/c1-26-27(29,25(28)33)12-19(34-26)30-16-8-4-2-6-13(16)22-21-15(10-11-18(21)32)20-14-7-3-5-9-17(14)31(26)24(20)23(22)30/h2-9,19H,10-12,29H2,1H3,(H2,28,33)/t19?,26?,27-/m0/s1. The van der Waals surface area contributed by atoms with Gasteiger partial charge < -0.3 is 25.3 Å². The van der Waals surface area contributed by atoms with E-state index in [2.05, 4.69) is 21.3 Å². The van der Waals surface area contributed by atoms with Crippen LogP contribution in [-0.4, -0.2) is 26.4 Å². The molecule has 34 heavy (non-hydrogen) atoms. The number of fused-ring (bicyclic) bond motifs is 13. The summed E-state index contributed by atoms with van der Waals surface area (Å²) in [7, 11) is 0. The summed E-state index contributed by atoms with van der Waals surface area (Å²) in [5.41, 5.74) is 15.9. The Hall–Kier alpha value is -3.68. The molecule has 2 aliphatic heterocycles. The Labute approximate surface area is 193 Å². The summed E-state index contributed by atoms with van der Waals surface area (Å²) < 4.78 is 11.0. The number of aromatic nitrogens is 2. The third kappa shape index (κ3) is 1.74. The van der Waals surface area contributed by atoms with Crippen molar-refractivity contribution in [1.29, 1.82) is 0 Å². The van der Waals surface area contributed by atoms with Gasteiger partial charge in [-0.3, -0.25) is 9.59 Å². The zero-order chi connectivity index (χ0) is 23.1. The lowest BCUT2D eigenvalue weighted by molar-refractivity contribution is -0.145. The molecule has 2 bridgehead atoms. The van der Waals surface area contributed by atoms with Crippen molar-refractivity contribution >= 4 is 55.3 Å². The lowest BCUT2D eigenvalue weighted by atomic mass is 9.85. The number of ketones is 1. The second-order valence-corrected chi connectivity index (χ2v) is 10.1. The van der Waals surface area contributed by atoms with Crippen LogP contribution in [0.4, 0.5) is 0 Å². The van der Waals surface area contributed by atoms with Crippen molar-refractivity contribution in [1.82, 2.24) is 9.13 Å². The number of primary amides is 1. The zero-order valence-electron chi connectivity index (χ0n) is 18.6. The Bertz CT molecular complexity index is 1810. The van der Waals surface area contributed by atoms with Crippen molar-refractivity contribution in [3.05, 3.63) is 59.7 Å². The first kappa shape index (κ1) is 18.7. The van der Waals surface area contributed by atoms with Gasteiger partial charge in [0.25, 0.3) is 0 Å². The molecule has 0 radical (unpaired) electrons. The normalized spacial score (nSPS) is 27.5. The van der Waals surface area contributed by atoms with Crippen molar-refractivity contribution in [2.45, 2.75) is 43.7 Å². The van der Waals surface area contributed by atoms with Crippen molar-refractivity contribution in [3.8, 4) is 0 Å². The van der Waals surface area contributed by atoms with E-state index in [1.807, 2.05) is 43.3 Å².